The standard InChI is InChI=1S/C19H32N2O2Si/c1-14-9-7-11-16(22)18(14)15(13-20)10-8-12-17(21)23-24(5,6)19(2,3)4/h7,9,11,15,17,22H,8,10,12,21H2,1-6H3. The molecular formula is C19H32N2O2Si. The van der Waals surface area contributed by atoms with Crippen LogP contribution >= 0.6 is 0 Å². The number of nitriles is 1. The Morgan fingerprint density at radius 1 is 1.29 bits per heavy atom. The molecule has 2 unspecified atom stereocenters. The highest BCUT2D eigenvalue weighted by Gasteiger charge is 2.38. The smallest absolute Gasteiger partial charge is 0.194 e. The van der Waals surface area contributed by atoms with Gasteiger partial charge in [0.25, 0.3) is 0 Å². The van der Waals surface area contributed by atoms with Gasteiger partial charge in [-0.2, -0.15) is 5.26 Å². The lowest BCUT2D eigenvalue weighted by atomic mass is 9.90. The summed E-state index contributed by atoms with van der Waals surface area (Å²) in [7, 11) is -1.87. The van der Waals surface area contributed by atoms with Crippen molar-refractivity contribution in [1.29, 1.82) is 5.26 Å². The molecule has 0 aliphatic rings. The minimum absolute atomic E-state index is 0.132. The van der Waals surface area contributed by atoms with Crippen molar-refractivity contribution in [2.75, 3.05) is 0 Å². The Morgan fingerprint density at radius 2 is 1.92 bits per heavy atom. The summed E-state index contributed by atoms with van der Waals surface area (Å²) in [5, 5.41) is 19.7. The first-order valence-corrected chi connectivity index (χ1v) is 11.5. The highest BCUT2D eigenvalue weighted by Crippen LogP contribution is 2.37. The zero-order chi connectivity index (χ0) is 18.5. The molecule has 0 aliphatic heterocycles. The van der Waals surface area contributed by atoms with Crippen LogP contribution < -0.4 is 5.73 Å². The number of hydrogen-bond acceptors (Lipinski definition) is 4. The number of aromatic hydroxyl groups is 1. The van der Waals surface area contributed by atoms with E-state index in [0.717, 1.165) is 24.0 Å². The molecule has 0 fully saturated rings. The van der Waals surface area contributed by atoms with E-state index in [-0.39, 0.29) is 22.9 Å². The summed E-state index contributed by atoms with van der Waals surface area (Å²) in [5.41, 5.74) is 7.85. The second kappa shape index (κ2) is 8.15. The molecule has 0 saturated carbocycles. The molecule has 0 radical (unpaired) electrons. The van der Waals surface area contributed by atoms with Crippen molar-refractivity contribution in [2.24, 2.45) is 5.73 Å². The fraction of sp³-hybridized carbons (Fsp3) is 0.632. The summed E-state index contributed by atoms with van der Waals surface area (Å²) in [6.07, 6.45) is 1.89. The Labute approximate surface area is 147 Å². The quantitative estimate of drug-likeness (QED) is 0.549. The van der Waals surface area contributed by atoms with Crippen LogP contribution in [0, 0.1) is 18.3 Å². The molecule has 24 heavy (non-hydrogen) atoms. The number of phenols is 1. The lowest BCUT2D eigenvalue weighted by molar-refractivity contribution is 0.174. The Balaban J connectivity index is 2.61. The Bertz CT molecular complexity index is 568. The predicted octanol–water partition coefficient (Wildman–Crippen LogP) is 4.78. The third kappa shape index (κ3) is 5.34. The molecule has 1 aromatic carbocycles. The minimum atomic E-state index is -1.87. The molecule has 0 aliphatic carbocycles. The molecule has 3 N–H and O–H groups in total. The van der Waals surface area contributed by atoms with Crippen LogP contribution in [0.3, 0.4) is 0 Å². The molecule has 0 saturated heterocycles. The monoisotopic (exact) mass is 348 g/mol. The van der Waals surface area contributed by atoms with Crippen LogP contribution in [0.25, 0.3) is 0 Å². The highest BCUT2D eigenvalue weighted by molar-refractivity contribution is 6.74. The lowest BCUT2D eigenvalue weighted by Gasteiger charge is -2.38. The number of aryl methyl sites for hydroxylation is 1. The van der Waals surface area contributed by atoms with Gasteiger partial charge in [0.05, 0.1) is 18.2 Å². The van der Waals surface area contributed by atoms with E-state index in [1.165, 1.54) is 0 Å². The SMILES string of the molecule is Cc1cccc(O)c1C(C#N)CCCC(N)O[Si](C)(C)C(C)(C)C. The maximum absolute atomic E-state index is 10.0. The predicted molar refractivity (Wildman–Crippen MR) is 101 cm³/mol. The van der Waals surface area contributed by atoms with E-state index >= 15 is 0 Å². The van der Waals surface area contributed by atoms with Crippen molar-refractivity contribution in [3.8, 4) is 11.8 Å². The van der Waals surface area contributed by atoms with Gasteiger partial charge >= 0.3 is 0 Å². The Hall–Kier alpha value is -1.35. The first-order valence-electron chi connectivity index (χ1n) is 8.61. The number of rotatable bonds is 7. The van der Waals surface area contributed by atoms with Crippen molar-refractivity contribution in [3.05, 3.63) is 29.3 Å². The van der Waals surface area contributed by atoms with Crippen LogP contribution in [0.1, 0.15) is 57.1 Å². The summed E-state index contributed by atoms with van der Waals surface area (Å²) >= 11 is 0. The van der Waals surface area contributed by atoms with E-state index in [9.17, 15) is 10.4 Å². The van der Waals surface area contributed by atoms with Gasteiger partial charge in [-0.1, -0.05) is 32.9 Å². The molecule has 0 heterocycles. The van der Waals surface area contributed by atoms with E-state index < -0.39 is 8.32 Å². The van der Waals surface area contributed by atoms with E-state index in [4.69, 9.17) is 10.2 Å². The average Bonchev–Trinajstić information content (AvgIpc) is 2.43. The largest absolute Gasteiger partial charge is 0.508 e. The summed E-state index contributed by atoms with van der Waals surface area (Å²) < 4.78 is 6.16. The molecule has 0 spiro atoms. The first-order chi connectivity index (χ1) is 11.0. The van der Waals surface area contributed by atoms with Crippen LogP contribution in [-0.4, -0.2) is 19.7 Å². The molecule has 1 aromatic rings. The van der Waals surface area contributed by atoms with Gasteiger partial charge in [0.2, 0.25) is 0 Å². The third-order valence-electron chi connectivity index (χ3n) is 5.04. The summed E-state index contributed by atoms with van der Waals surface area (Å²) in [4.78, 5) is 0. The molecule has 0 amide bonds. The number of nitrogens with zero attached hydrogens (tertiary/aromatic N) is 1. The molecule has 5 heteroatoms. The number of hydrogen-bond donors (Lipinski definition) is 2. The fourth-order valence-corrected chi connectivity index (χ4v) is 3.76. The number of phenolic OH excluding ortho intramolecular Hbond substituents is 1. The van der Waals surface area contributed by atoms with Crippen LogP contribution in [0.4, 0.5) is 0 Å². The Morgan fingerprint density at radius 3 is 2.42 bits per heavy atom. The van der Waals surface area contributed by atoms with E-state index in [1.807, 2.05) is 13.0 Å². The van der Waals surface area contributed by atoms with Gasteiger partial charge in [-0.05, 0) is 55.9 Å². The molecule has 2 atom stereocenters. The van der Waals surface area contributed by atoms with Gasteiger partial charge in [0.15, 0.2) is 8.32 Å². The second-order valence-electron chi connectivity index (χ2n) is 8.04. The zero-order valence-electron chi connectivity index (χ0n) is 15.9. The summed E-state index contributed by atoms with van der Waals surface area (Å²) in [6, 6.07) is 7.67. The topological polar surface area (TPSA) is 79.3 Å². The maximum Gasteiger partial charge on any atom is 0.194 e. The van der Waals surface area contributed by atoms with Crippen molar-refractivity contribution < 1.29 is 9.53 Å². The number of nitrogens with two attached hydrogens (primary N) is 1. The van der Waals surface area contributed by atoms with Crippen LogP contribution in [0.5, 0.6) is 5.75 Å². The molecule has 1 rings (SSSR count). The van der Waals surface area contributed by atoms with Gasteiger partial charge in [-0.15, -0.1) is 0 Å². The summed E-state index contributed by atoms with van der Waals surface area (Å²) in [6.45, 7) is 12.9. The van der Waals surface area contributed by atoms with Crippen molar-refractivity contribution in [1.82, 2.24) is 0 Å². The normalized spacial score (nSPS) is 14.9. The average molecular weight is 349 g/mol. The van der Waals surface area contributed by atoms with Crippen LogP contribution in [0.2, 0.25) is 18.1 Å². The molecular weight excluding hydrogens is 316 g/mol. The lowest BCUT2D eigenvalue weighted by Crippen LogP contribution is -2.46. The zero-order valence-corrected chi connectivity index (χ0v) is 16.9. The van der Waals surface area contributed by atoms with Gasteiger partial charge in [0, 0.05) is 5.56 Å². The van der Waals surface area contributed by atoms with Gasteiger partial charge in [0.1, 0.15) is 5.75 Å². The van der Waals surface area contributed by atoms with Crippen LogP contribution in [-0.2, 0) is 4.43 Å². The van der Waals surface area contributed by atoms with Crippen molar-refractivity contribution >= 4 is 8.32 Å². The van der Waals surface area contributed by atoms with Crippen LogP contribution in [0.15, 0.2) is 18.2 Å². The Kier molecular flexibility index (Phi) is 7.03. The van der Waals surface area contributed by atoms with Crippen molar-refractivity contribution in [3.63, 3.8) is 0 Å². The second-order valence-corrected chi connectivity index (χ2v) is 12.8. The fourth-order valence-electron chi connectivity index (χ4n) is 2.53. The molecule has 0 aromatic heterocycles. The summed E-state index contributed by atoms with van der Waals surface area (Å²) in [5.74, 6) is -0.116. The minimum Gasteiger partial charge on any atom is -0.508 e. The number of benzene rings is 1. The third-order valence-corrected chi connectivity index (χ3v) is 9.54. The van der Waals surface area contributed by atoms with E-state index in [2.05, 4.69) is 39.9 Å². The maximum atomic E-state index is 10.0. The molecule has 0 bridgehead atoms. The van der Waals surface area contributed by atoms with E-state index in [1.54, 1.807) is 12.1 Å². The first kappa shape index (κ1) is 20.7. The molecule has 134 valence electrons. The van der Waals surface area contributed by atoms with E-state index in [0.29, 0.717) is 6.42 Å². The highest BCUT2D eigenvalue weighted by atomic mass is 28.4. The van der Waals surface area contributed by atoms with Gasteiger partial charge in [-0.3, -0.25) is 0 Å². The van der Waals surface area contributed by atoms with Gasteiger partial charge < -0.3 is 15.3 Å². The van der Waals surface area contributed by atoms with Crippen molar-refractivity contribution in [2.45, 2.75) is 77.2 Å². The van der Waals surface area contributed by atoms with Gasteiger partial charge in [-0.25, -0.2) is 0 Å². The molecule has 4 nitrogen and oxygen atoms in total.